The van der Waals surface area contributed by atoms with E-state index in [1.807, 2.05) is 6.07 Å². The average molecular weight is 220 g/mol. The number of hydrazone groups is 1. The largest absolute Gasteiger partial charge is 0.452 e. The van der Waals surface area contributed by atoms with E-state index in [2.05, 4.69) is 15.3 Å². The predicted octanol–water partition coefficient (Wildman–Crippen LogP) is 1.34. The molecule has 0 spiro atoms. The van der Waals surface area contributed by atoms with Gasteiger partial charge in [0.05, 0.1) is 7.11 Å². The summed E-state index contributed by atoms with van der Waals surface area (Å²) < 4.78 is 4.35. The number of benzene rings is 1. The van der Waals surface area contributed by atoms with Crippen molar-refractivity contribution < 1.29 is 14.3 Å². The van der Waals surface area contributed by atoms with Crippen LogP contribution in [0.4, 0.5) is 4.79 Å². The number of carbonyl (C=O) groups is 2. The van der Waals surface area contributed by atoms with Crippen molar-refractivity contribution in [1.29, 1.82) is 0 Å². The van der Waals surface area contributed by atoms with E-state index in [0.29, 0.717) is 5.56 Å². The summed E-state index contributed by atoms with van der Waals surface area (Å²) >= 11 is 0. The Hall–Kier alpha value is -2.17. The molecule has 0 radical (unpaired) electrons. The summed E-state index contributed by atoms with van der Waals surface area (Å²) in [6.07, 6.45) is -0.713. The molecule has 1 amide bonds. The van der Waals surface area contributed by atoms with Crippen molar-refractivity contribution >= 4 is 17.6 Å². The fourth-order valence-electron chi connectivity index (χ4n) is 1.09. The van der Waals surface area contributed by atoms with E-state index in [0.717, 1.165) is 0 Å². The van der Waals surface area contributed by atoms with Gasteiger partial charge in [0.25, 0.3) is 0 Å². The smallest absolute Gasteiger partial charge is 0.427 e. The van der Waals surface area contributed by atoms with Crippen LogP contribution in [0.3, 0.4) is 0 Å². The third-order valence-corrected chi connectivity index (χ3v) is 1.83. The SMILES string of the molecule is COC(=O)N/N=C(/C(C)=O)c1ccccc1. The van der Waals surface area contributed by atoms with E-state index in [9.17, 15) is 9.59 Å². The maximum Gasteiger partial charge on any atom is 0.427 e. The highest BCUT2D eigenvalue weighted by molar-refractivity contribution is 6.45. The van der Waals surface area contributed by atoms with Crippen molar-refractivity contribution in [3.8, 4) is 0 Å². The molecule has 0 aliphatic carbocycles. The first-order valence-electron chi connectivity index (χ1n) is 4.63. The molecular formula is C11H12N2O3. The zero-order valence-electron chi connectivity index (χ0n) is 9.06. The Balaban J connectivity index is 2.92. The molecule has 0 saturated heterocycles. The third kappa shape index (κ3) is 3.20. The van der Waals surface area contributed by atoms with Crippen molar-refractivity contribution in [2.24, 2.45) is 5.10 Å². The molecule has 0 unspecified atom stereocenters. The Kier molecular flexibility index (Phi) is 4.20. The third-order valence-electron chi connectivity index (χ3n) is 1.83. The summed E-state index contributed by atoms with van der Waals surface area (Å²) in [6.45, 7) is 1.38. The molecule has 5 nitrogen and oxygen atoms in total. The first-order chi connectivity index (χ1) is 7.65. The Bertz CT molecular complexity index is 412. The maximum absolute atomic E-state index is 11.3. The molecule has 0 aromatic heterocycles. The van der Waals surface area contributed by atoms with Crippen molar-refractivity contribution in [1.82, 2.24) is 5.43 Å². The van der Waals surface area contributed by atoms with E-state index < -0.39 is 6.09 Å². The molecule has 1 rings (SSSR count). The summed E-state index contributed by atoms with van der Waals surface area (Å²) in [5, 5.41) is 3.71. The van der Waals surface area contributed by atoms with Gasteiger partial charge in [0.2, 0.25) is 0 Å². The summed E-state index contributed by atoms with van der Waals surface area (Å²) in [5.74, 6) is -0.234. The van der Waals surface area contributed by atoms with E-state index in [4.69, 9.17) is 0 Å². The minimum atomic E-state index is -0.713. The van der Waals surface area contributed by atoms with Gasteiger partial charge in [-0.3, -0.25) is 4.79 Å². The lowest BCUT2D eigenvalue weighted by molar-refractivity contribution is -0.111. The number of amides is 1. The van der Waals surface area contributed by atoms with E-state index >= 15 is 0 Å². The second kappa shape index (κ2) is 5.65. The topological polar surface area (TPSA) is 67.8 Å². The molecule has 1 aromatic carbocycles. The lowest BCUT2D eigenvalue weighted by atomic mass is 10.1. The van der Waals surface area contributed by atoms with Gasteiger partial charge in [-0.05, 0) is 0 Å². The number of hydrogen-bond donors (Lipinski definition) is 1. The van der Waals surface area contributed by atoms with Crippen LogP contribution in [0.1, 0.15) is 12.5 Å². The summed E-state index contributed by atoms with van der Waals surface area (Å²) in [5.41, 5.74) is 2.95. The molecule has 0 saturated carbocycles. The standard InChI is InChI=1S/C11H12N2O3/c1-8(14)10(12-13-11(15)16-2)9-6-4-3-5-7-9/h3-7H,1-2H3,(H,13,15)/b12-10-. The molecule has 0 heterocycles. The lowest BCUT2D eigenvalue weighted by Crippen LogP contribution is -2.22. The van der Waals surface area contributed by atoms with Crippen LogP contribution in [0, 0.1) is 0 Å². The second-order valence-electron chi connectivity index (χ2n) is 2.99. The van der Waals surface area contributed by atoms with Gasteiger partial charge in [0, 0.05) is 12.5 Å². The Morgan fingerprint density at radius 1 is 1.25 bits per heavy atom. The normalized spacial score (nSPS) is 10.8. The Morgan fingerprint density at radius 2 is 1.88 bits per heavy atom. The van der Waals surface area contributed by atoms with Gasteiger partial charge in [-0.15, -0.1) is 0 Å². The van der Waals surface area contributed by atoms with Crippen LogP contribution < -0.4 is 5.43 Å². The average Bonchev–Trinajstić information content (AvgIpc) is 2.30. The van der Waals surface area contributed by atoms with E-state index in [1.165, 1.54) is 14.0 Å². The highest BCUT2D eigenvalue weighted by Crippen LogP contribution is 2.01. The zero-order valence-corrected chi connectivity index (χ0v) is 9.06. The van der Waals surface area contributed by atoms with Gasteiger partial charge in [-0.25, -0.2) is 10.2 Å². The van der Waals surface area contributed by atoms with E-state index in [1.54, 1.807) is 24.3 Å². The summed E-state index contributed by atoms with van der Waals surface area (Å²) in [4.78, 5) is 22.1. The van der Waals surface area contributed by atoms with Gasteiger partial charge in [0.1, 0.15) is 5.71 Å². The van der Waals surface area contributed by atoms with Gasteiger partial charge in [0.15, 0.2) is 5.78 Å². The van der Waals surface area contributed by atoms with Crippen LogP contribution in [0.5, 0.6) is 0 Å². The molecule has 0 atom stereocenters. The maximum atomic E-state index is 11.3. The Labute approximate surface area is 93.1 Å². The van der Waals surface area contributed by atoms with Crippen LogP contribution in [0.15, 0.2) is 35.4 Å². The van der Waals surface area contributed by atoms with Crippen molar-refractivity contribution in [2.45, 2.75) is 6.92 Å². The van der Waals surface area contributed by atoms with Crippen LogP contribution in [-0.2, 0) is 9.53 Å². The van der Waals surface area contributed by atoms with Gasteiger partial charge in [-0.1, -0.05) is 30.3 Å². The predicted molar refractivity (Wildman–Crippen MR) is 59.2 cm³/mol. The quantitative estimate of drug-likeness (QED) is 0.617. The number of ketones is 1. The molecular weight excluding hydrogens is 208 g/mol. The van der Waals surface area contributed by atoms with Gasteiger partial charge in [-0.2, -0.15) is 5.10 Å². The van der Waals surface area contributed by atoms with Crippen LogP contribution >= 0.6 is 0 Å². The second-order valence-corrected chi connectivity index (χ2v) is 2.99. The number of Topliss-reactive ketones (excluding diaryl/α,β-unsaturated/α-hetero) is 1. The molecule has 0 bridgehead atoms. The monoisotopic (exact) mass is 220 g/mol. The number of nitrogens with zero attached hydrogens (tertiary/aromatic N) is 1. The van der Waals surface area contributed by atoms with Crippen LogP contribution in [0.2, 0.25) is 0 Å². The number of ether oxygens (including phenoxy) is 1. The minimum absolute atomic E-state index is 0.186. The lowest BCUT2D eigenvalue weighted by Gasteiger charge is -2.03. The highest BCUT2D eigenvalue weighted by Gasteiger charge is 2.09. The number of methoxy groups -OCH3 is 1. The molecule has 84 valence electrons. The first kappa shape index (κ1) is 11.9. The van der Waals surface area contributed by atoms with Crippen LogP contribution in [-0.4, -0.2) is 24.7 Å². The highest BCUT2D eigenvalue weighted by atomic mass is 16.5. The molecule has 1 aromatic rings. The van der Waals surface area contributed by atoms with Gasteiger partial charge < -0.3 is 4.74 Å². The molecule has 0 aliphatic heterocycles. The fraction of sp³-hybridized carbons (Fsp3) is 0.182. The number of hydrogen-bond acceptors (Lipinski definition) is 4. The van der Waals surface area contributed by atoms with Gasteiger partial charge >= 0.3 is 6.09 Å². The van der Waals surface area contributed by atoms with Crippen molar-refractivity contribution in [2.75, 3.05) is 7.11 Å². The van der Waals surface area contributed by atoms with Crippen molar-refractivity contribution in [3.63, 3.8) is 0 Å². The Morgan fingerprint density at radius 3 is 2.38 bits per heavy atom. The number of rotatable bonds is 3. The summed E-state index contributed by atoms with van der Waals surface area (Å²) in [7, 11) is 1.22. The fourth-order valence-corrected chi connectivity index (χ4v) is 1.09. The molecule has 0 aliphatic rings. The number of carbonyl (C=O) groups excluding carboxylic acids is 2. The number of nitrogens with one attached hydrogen (secondary N) is 1. The minimum Gasteiger partial charge on any atom is -0.452 e. The van der Waals surface area contributed by atoms with Crippen molar-refractivity contribution in [3.05, 3.63) is 35.9 Å². The molecule has 5 heteroatoms. The first-order valence-corrected chi connectivity index (χ1v) is 4.63. The zero-order chi connectivity index (χ0) is 12.0. The van der Waals surface area contributed by atoms with E-state index in [-0.39, 0.29) is 11.5 Å². The molecule has 16 heavy (non-hydrogen) atoms. The molecule has 0 fully saturated rings. The molecule has 1 N–H and O–H groups in total. The van der Waals surface area contributed by atoms with Crippen LogP contribution in [0.25, 0.3) is 0 Å². The summed E-state index contributed by atoms with van der Waals surface area (Å²) in [6, 6.07) is 8.87.